The summed E-state index contributed by atoms with van der Waals surface area (Å²) in [6.07, 6.45) is 1.54. The number of benzene rings is 2. The molecule has 0 aliphatic carbocycles. The number of cyclic esters (lactones) is 1. The molecule has 5 heteroatoms. The van der Waals surface area contributed by atoms with Crippen molar-refractivity contribution in [3.63, 3.8) is 0 Å². The molecule has 1 heterocycles. The normalized spacial score (nSPS) is 15.8. The summed E-state index contributed by atoms with van der Waals surface area (Å²) < 4.78 is 5.27. The molecule has 3 nitrogen and oxygen atoms in total. The second-order valence-electron chi connectivity index (χ2n) is 5.75. The zero-order chi connectivity index (χ0) is 17.3. The highest BCUT2D eigenvalue weighted by Gasteiger charge is 2.24. The van der Waals surface area contributed by atoms with Crippen LogP contribution in [0.2, 0.25) is 10.0 Å². The summed E-state index contributed by atoms with van der Waals surface area (Å²) in [4.78, 5) is 16.3. The molecule has 0 bridgehead atoms. The number of aliphatic imine (C=N–C) groups is 1. The van der Waals surface area contributed by atoms with E-state index >= 15 is 0 Å². The van der Waals surface area contributed by atoms with E-state index in [9.17, 15) is 4.79 Å². The third-order valence-corrected chi connectivity index (χ3v) is 4.38. The van der Waals surface area contributed by atoms with Crippen molar-refractivity contribution in [3.05, 3.63) is 74.9 Å². The summed E-state index contributed by atoms with van der Waals surface area (Å²) in [7, 11) is 0. The number of ether oxygens (including phenoxy) is 1. The molecule has 1 aliphatic heterocycles. The molecule has 2 aromatic carbocycles. The predicted octanol–water partition coefficient (Wildman–Crippen LogP) is 5.46. The Morgan fingerprint density at radius 3 is 2.25 bits per heavy atom. The molecule has 0 amide bonds. The maximum Gasteiger partial charge on any atom is 0.363 e. The van der Waals surface area contributed by atoms with Crippen molar-refractivity contribution in [1.82, 2.24) is 0 Å². The van der Waals surface area contributed by atoms with E-state index in [-0.39, 0.29) is 11.6 Å². The first-order chi connectivity index (χ1) is 11.5. The van der Waals surface area contributed by atoms with E-state index in [1.54, 1.807) is 24.3 Å². The lowest BCUT2D eigenvalue weighted by atomic mass is 10.0. The summed E-state index contributed by atoms with van der Waals surface area (Å²) in [5.74, 6) is 0.198. The molecule has 0 spiro atoms. The van der Waals surface area contributed by atoms with Crippen LogP contribution in [0.1, 0.15) is 36.5 Å². The van der Waals surface area contributed by atoms with E-state index in [1.165, 1.54) is 5.56 Å². The van der Waals surface area contributed by atoms with Crippen molar-refractivity contribution in [3.8, 4) is 0 Å². The first-order valence-electron chi connectivity index (χ1n) is 7.52. The number of hydrogen-bond donors (Lipinski definition) is 0. The highest BCUT2D eigenvalue weighted by Crippen LogP contribution is 2.29. The van der Waals surface area contributed by atoms with Crippen LogP contribution in [-0.2, 0) is 9.53 Å². The van der Waals surface area contributed by atoms with Gasteiger partial charge in [0.25, 0.3) is 0 Å². The zero-order valence-corrected chi connectivity index (χ0v) is 14.7. The lowest BCUT2D eigenvalue weighted by Gasteiger charge is -2.05. The summed E-state index contributed by atoms with van der Waals surface area (Å²) in [5, 5.41) is 0.903. The summed E-state index contributed by atoms with van der Waals surface area (Å²) >= 11 is 12.3. The molecule has 0 saturated heterocycles. The van der Waals surface area contributed by atoms with E-state index in [2.05, 4.69) is 18.8 Å². The standard InChI is InChI=1S/C19H15Cl2NO2/c1-11(2)12-6-8-13(9-7-12)18-22-17(19(23)24-18)10-14-15(20)4-3-5-16(14)21/h3-11H,1-2H3/b17-10-. The molecule has 0 aromatic heterocycles. The molecule has 0 N–H and O–H groups in total. The number of carbonyl (C=O) groups is 1. The molecule has 24 heavy (non-hydrogen) atoms. The molecule has 3 rings (SSSR count). The van der Waals surface area contributed by atoms with Gasteiger partial charge in [0.1, 0.15) is 0 Å². The minimum absolute atomic E-state index is 0.174. The number of esters is 1. The van der Waals surface area contributed by atoms with Gasteiger partial charge >= 0.3 is 5.97 Å². The van der Waals surface area contributed by atoms with Crippen molar-refractivity contribution < 1.29 is 9.53 Å². The van der Waals surface area contributed by atoms with Crippen LogP contribution in [0.3, 0.4) is 0 Å². The smallest absolute Gasteiger partial charge is 0.363 e. The van der Waals surface area contributed by atoms with Crippen LogP contribution < -0.4 is 0 Å². The van der Waals surface area contributed by atoms with E-state index < -0.39 is 5.97 Å². The zero-order valence-electron chi connectivity index (χ0n) is 13.2. The van der Waals surface area contributed by atoms with Gasteiger partial charge in [-0.05, 0) is 41.8 Å². The second-order valence-corrected chi connectivity index (χ2v) is 6.56. The molecular formula is C19H15Cl2NO2. The molecule has 122 valence electrons. The Morgan fingerprint density at radius 2 is 1.67 bits per heavy atom. The first kappa shape index (κ1) is 16.7. The van der Waals surface area contributed by atoms with Gasteiger partial charge in [-0.25, -0.2) is 9.79 Å². The number of nitrogens with zero attached hydrogens (tertiary/aromatic N) is 1. The molecule has 2 aromatic rings. The Morgan fingerprint density at radius 1 is 1.04 bits per heavy atom. The van der Waals surface area contributed by atoms with Crippen LogP contribution in [0, 0.1) is 0 Å². The molecule has 0 unspecified atom stereocenters. The fourth-order valence-electron chi connectivity index (χ4n) is 2.33. The third kappa shape index (κ3) is 3.37. The largest absolute Gasteiger partial charge is 0.402 e. The highest BCUT2D eigenvalue weighted by molar-refractivity contribution is 6.37. The summed E-state index contributed by atoms with van der Waals surface area (Å²) in [6.45, 7) is 4.24. The van der Waals surface area contributed by atoms with Gasteiger partial charge in [-0.15, -0.1) is 0 Å². The number of hydrogen-bond acceptors (Lipinski definition) is 3. The van der Waals surface area contributed by atoms with Crippen LogP contribution in [0.15, 0.2) is 53.2 Å². The molecule has 0 fully saturated rings. The maximum atomic E-state index is 12.1. The molecule has 1 aliphatic rings. The Labute approximate surface area is 150 Å². The van der Waals surface area contributed by atoms with Crippen molar-refractivity contribution in [2.45, 2.75) is 19.8 Å². The molecule has 0 radical (unpaired) electrons. The fraction of sp³-hybridized carbons (Fsp3) is 0.158. The van der Waals surface area contributed by atoms with Gasteiger partial charge in [0.05, 0.1) is 0 Å². The average Bonchev–Trinajstić information content (AvgIpc) is 2.92. The molecule has 0 saturated carbocycles. The van der Waals surface area contributed by atoms with Crippen molar-refractivity contribution in [2.75, 3.05) is 0 Å². The SMILES string of the molecule is CC(C)c1ccc(C2=N/C(=C\c3c(Cl)cccc3Cl)C(=O)O2)cc1. The van der Waals surface area contributed by atoms with Crippen LogP contribution in [0.5, 0.6) is 0 Å². The van der Waals surface area contributed by atoms with Gasteiger partial charge in [-0.3, -0.25) is 0 Å². The topological polar surface area (TPSA) is 38.7 Å². The Bertz CT molecular complexity index is 832. The van der Waals surface area contributed by atoms with Gasteiger partial charge in [-0.1, -0.05) is 55.2 Å². The lowest BCUT2D eigenvalue weighted by Crippen LogP contribution is -2.05. The van der Waals surface area contributed by atoms with Crippen molar-refractivity contribution >= 4 is 41.1 Å². The molecule has 0 atom stereocenters. The third-order valence-electron chi connectivity index (χ3n) is 3.73. The second kappa shape index (κ2) is 6.80. The maximum absolute atomic E-state index is 12.1. The van der Waals surface area contributed by atoms with Crippen LogP contribution in [0.25, 0.3) is 6.08 Å². The number of carbonyl (C=O) groups excluding carboxylic acids is 1. The average molecular weight is 360 g/mol. The Kier molecular flexibility index (Phi) is 4.74. The van der Waals surface area contributed by atoms with E-state index in [1.807, 2.05) is 24.3 Å². The Balaban J connectivity index is 1.94. The monoisotopic (exact) mass is 359 g/mol. The lowest BCUT2D eigenvalue weighted by molar-refractivity contribution is -0.129. The Hall–Kier alpha value is -2.10. The van der Waals surface area contributed by atoms with Gasteiger partial charge in [0.15, 0.2) is 5.70 Å². The number of halogens is 2. The van der Waals surface area contributed by atoms with Gasteiger partial charge in [-0.2, -0.15) is 0 Å². The molecular weight excluding hydrogens is 345 g/mol. The fourth-order valence-corrected chi connectivity index (χ4v) is 2.84. The van der Waals surface area contributed by atoms with Crippen LogP contribution in [-0.4, -0.2) is 11.9 Å². The van der Waals surface area contributed by atoms with Gasteiger partial charge in [0.2, 0.25) is 5.90 Å². The minimum Gasteiger partial charge on any atom is -0.402 e. The van der Waals surface area contributed by atoms with Crippen molar-refractivity contribution in [1.29, 1.82) is 0 Å². The van der Waals surface area contributed by atoms with E-state index in [0.29, 0.717) is 21.5 Å². The quantitative estimate of drug-likeness (QED) is 0.538. The van der Waals surface area contributed by atoms with Crippen LogP contribution in [0.4, 0.5) is 0 Å². The summed E-state index contributed by atoms with van der Waals surface area (Å²) in [5.41, 5.74) is 2.68. The van der Waals surface area contributed by atoms with E-state index in [4.69, 9.17) is 27.9 Å². The predicted molar refractivity (Wildman–Crippen MR) is 97.6 cm³/mol. The minimum atomic E-state index is -0.520. The van der Waals surface area contributed by atoms with Gasteiger partial charge < -0.3 is 4.74 Å². The van der Waals surface area contributed by atoms with Crippen LogP contribution >= 0.6 is 23.2 Å². The number of rotatable bonds is 3. The highest BCUT2D eigenvalue weighted by atomic mass is 35.5. The summed E-state index contributed by atoms with van der Waals surface area (Å²) in [6, 6.07) is 12.9. The van der Waals surface area contributed by atoms with E-state index in [0.717, 1.165) is 5.56 Å². The van der Waals surface area contributed by atoms with Gasteiger partial charge in [0, 0.05) is 21.2 Å². The van der Waals surface area contributed by atoms with Crippen molar-refractivity contribution in [2.24, 2.45) is 4.99 Å². The first-order valence-corrected chi connectivity index (χ1v) is 8.28.